The van der Waals surface area contributed by atoms with Gasteiger partial charge in [0.25, 0.3) is 0 Å². The highest BCUT2D eigenvalue weighted by Crippen LogP contribution is 1.98. The van der Waals surface area contributed by atoms with Crippen molar-refractivity contribution in [2.75, 3.05) is 5.73 Å². The first kappa shape index (κ1) is 11.2. The molecule has 0 fully saturated rings. The van der Waals surface area contributed by atoms with Crippen LogP contribution >= 0.6 is 0 Å². The molecular weight excluding hydrogens is 178 g/mol. The van der Waals surface area contributed by atoms with Crippen molar-refractivity contribution in [2.45, 2.75) is 20.4 Å². The minimum absolute atomic E-state index is 0. The minimum Gasteiger partial charge on any atom is -1.00 e. The molecular formula is C6H14ClN5. The van der Waals surface area contributed by atoms with Gasteiger partial charge in [0.05, 0.1) is 18.8 Å². The number of nitrogens with two attached hydrogens (primary N) is 1. The molecule has 0 saturated heterocycles. The third-order valence-corrected chi connectivity index (χ3v) is 1.42. The molecule has 0 aliphatic carbocycles. The van der Waals surface area contributed by atoms with Gasteiger partial charge in [-0.15, -0.1) is 4.68 Å². The maximum absolute atomic E-state index is 5.65. The van der Waals surface area contributed by atoms with Crippen LogP contribution in [0.15, 0.2) is 0 Å². The van der Waals surface area contributed by atoms with Gasteiger partial charge in [-0.05, 0) is 5.92 Å². The third kappa shape index (κ3) is 2.34. The number of aryl methyl sites for hydroxylation is 1. The molecule has 1 rings (SSSR count). The summed E-state index contributed by atoms with van der Waals surface area (Å²) in [6, 6.07) is 0. The lowest BCUT2D eigenvalue weighted by Gasteiger charge is -1.97. The Morgan fingerprint density at radius 2 is 2.17 bits per heavy atom. The van der Waals surface area contributed by atoms with Crippen molar-refractivity contribution < 1.29 is 17.1 Å². The van der Waals surface area contributed by atoms with Gasteiger partial charge in [0.15, 0.2) is 0 Å². The quantitative estimate of drug-likeness (QED) is 0.491. The van der Waals surface area contributed by atoms with Gasteiger partial charge in [-0.1, -0.05) is 18.5 Å². The van der Waals surface area contributed by atoms with Crippen LogP contribution < -0.4 is 22.8 Å². The van der Waals surface area contributed by atoms with Crippen molar-refractivity contribution >= 4 is 5.95 Å². The Labute approximate surface area is 77.9 Å². The van der Waals surface area contributed by atoms with E-state index in [1.165, 1.54) is 0 Å². The monoisotopic (exact) mass is 191 g/mol. The van der Waals surface area contributed by atoms with Crippen LogP contribution in [-0.4, -0.2) is 15.1 Å². The van der Waals surface area contributed by atoms with E-state index in [1.54, 1.807) is 16.4 Å². The standard InChI is InChI=1S/C6H13N5.ClH/c1-5(2)4-11-6(7)10(3)8-9-11;/h5,7H,4H2,1-3H3;1H. The summed E-state index contributed by atoms with van der Waals surface area (Å²) in [5.74, 6) is 1.14. The predicted octanol–water partition coefficient (Wildman–Crippen LogP) is -3.66. The third-order valence-electron chi connectivity index (χ3n) is 1.42. The fourth-order valence-electron chi connectivity index (χ4n) is 0.843. The van der Waals surface area contributed by atoms with Gasteiger partial charge in [-0.2, -0.15) is 0 Å². The summed E-state index contributed by atoms with van der Waals surface area (Å²) in [4.78, 5) is 0. The van der Waals surface area contributed by atoms with E-state index in [0.717, 1.165) is 6.54 Å². The Kier molecular flexibility index (Phi) is 3.95. The lowest BCUT2D eigenvalue weighted by atomic mass is 10.2. The van der Waals surface area contributed by atoms with Gasteiger partial charge in [0.1, 0.15) is 5.21 Å². The molecule has 0 bridgehead atoms. The summed E-state index contributed by atoms with van der Waals surface area (Å²) in [7, 11) is 1.78. The first-order valence-corrected chi connectivity index (χ1v) is 3.66. The number of nitrogens with zero attached hydrogens (tertiary/aromatic N) is 4. The number of hydrogen-bond acceptors (Lipinski definition) is 3. The van der Waals surface area contributed by atoms with E-state index in [-0.39, 0.29) is 12.4 Å². The van der Waals surface area contributed by atoms with Crippen LogP contribution in [0.25, 0.3) is 0 Å². The Hall–Kier alpha value is -0.840. The van der Waals surface area contributed by atoms with E-state index < -0.39 is 0 Å². The molecule has 6 heteroatoms. The molecule has 0 radical (unpaired) electrons. The van der Waals surface area contributed by atoms with E-state index in [1.807, 2.05) is 0 Å². The number of halogens is 1. The minimum atomic E-state index is 0. The Bertz CT molecular complexity index is 244. The van der Waals surface area contributed by atoms with Gasteiger partial charge in [0, 0.05) is 0 Å². The van der Waals surface area contributed by atoms with Crippen molar-refractivity contribution in [1.82, 2.24) is 15.1 Å². The van der Waals surface area contributed by atoms with Crippen molar-refractivity contribution in [2.24, 2.45) is 13.0 Å². The van der Waals surface area contributed by atoms with E-state index in [4.69, 9.17) is 5.73 Å². The number of tetrazole rings is 1. The molecule has 0 atom stereocenters. The molecule has 0 saturated carbocycles. The molecule has 0 aliphatic heterocycles. The highest BCUT2D eigenvalue weighted by Gasteiger charge is 2.12. The second kappa shape index (κ2) is 4.25. The van der Waals surface area contributed by atoms with E-state index in [9.17, 15) is 0 Å². The molecule has 12 heavy (non-hydrogen) atoms. The Morgan fingerprint density at radius 3 is 2.50 bits per heavy atom. The molecule has 0 aromatic carbocycles. The highest BCUT2D eigenvalue weighted by atomic mass is 35.5. The zero-order valence-corrected chi connectivity index (χ0v) is 8.28. The summed E-state index contributed by atoms with van der Waals surface area (Å²) in [6.45, 7) is 5.04. The second-order valence-corrected chi connectivity index (χ2v) is 3.04. The maximum Gasteiger partial charge on any atom is 0.362 e. The first-order valence-electron chi connectivity index (χ1n) is 3.66. The van der Waals surface area contributed by atoms with Gasteiger partial charge < -0.3 is 18.1 Å². The molecule has 5 nitrogen and oxygen atoms in total. The van der Waals surface area contributed by atoms with Crippen molar-refractivity contribution in [3.05, 3.63) is 0 Å². The van der Waals surface area contributed by atoms with Crippen molar-refractivity contribution in [3.8, 4) is 0 Å². The van der Waals surface area contributed by atoms with Crippen LogP contribution in [0.1, 0.15) is 13.8 Å². The summed E-state index contributed by atoms with van der Waals surface area (Å²) >= 11 is 0. The molecule has 0 aliphatic rings. The van der Waals surface area contributed by atoms with Gasteiger partial charge in [-0.3, -0.25) is 0 Å². The van der Waals surface area contributed by atoms with Crippen LogP contribution in [0, 0.1) is 5.92 Å². The molecule has 1 heterocycles. The lowest BCUT2D eigenvalue weighted by Crippen LogP contribution is -3.00. The smallest absolute Gasteiger partial charge is 0.362 e. The maximum atomic E-state index is 5.65. The molecule has 1 aromatic rings. The zero-order valence-electron chi connectivity index (χ0n) is 7.53. The normalized spacial score (nSPS) is 10.0. The molecule has 0 unspecified atom stereocenters. The SMILES string of the molecule is CC(C)Cn1nn[n+](C)c1N.[Cl-]. The molecule has 0 amide bonds. The van der Waals surface area contributed by atoms with Gasteiger partial charge >= 0.3 is 5.95 Å². The highest BCUT2D eigenvalue weighted by molar-refractivity contribution is 5.02. The molecule has 2 N–H and O–H groups in total. The molecule has 70 valence electrons. The number of rotatable bonds is 2. The van der Waals surface area contributed by atoms with Crippen LogP contribution in [0.4, 0.5) is 5.95 Å². The first-order chi connectivity index (χ1) is 5.11. The molecule has 0 spiro atoms. The second-order valence-electron chi connectivity index (χ2n) is 3.04. The van der Waals surface area contributed by atoms with Crippen molar-refractivity contribution in [3.63, 3.8) is 0 Å². The van der Waals surface area contributed by atoms with Crippen LogP contribution in [-0.2, 0) is 13.6 Å². The van der Waals surface area contributed by atoms with E-state index in [0.29, 0.717) is 11.9 Å². The van der Waals surface area contributed by atoms with Crippen LogP contribution in [0.3, 0.4) is 0 Å². The Morgan fingerprint density at radius 1 is 1.58 bits per heavy atom. The number of anilines is 1. The van der Waals surface area contributed by atoms with E-state index in [2.05, 4.69) is 24.3 Å². The Balaban J connectivity index is 0.00000121. The fraction of sp³-hybridized carbons (Fsp3) is 0.833. The summed E-state index contributed by atoms with van der Waals surface area (Å²) in [6.07, 6.45) is 0. The number of hydrogen-bond donors (Lipinski definition) is 1. The van der Waals surface area contributed by atoms with Crippen molar-refractivity contribution in [1.29, 1.82) is 0 Å². The average Bonchev–Trinajstić information content (AvgIpc) is 2.18. The summed E-state index contributed by atoms with van der Waals surface area (Å²) < 4.78 is 3.26. The topological polar surface area (TPSA) is 60.6 Å². The van der Waals surface area contributed by atoms with E-state index >= 15 is 0 Å². The lowest BCUT2D eigenvalue weighted by molar-refractivity contribution is -0.718. The number of nitrogen functional groups attached to an aromatic ring is 1. The van der Waals surface area contributed by atoms with Crippen LogP contribution in [0.5, 0.6) is 0 Å². The van der Waals surface area contributed by atoms with Gasteiger partial charge in [0.2, 0.25) is 0 Å². The largest absolute Gasteiger partial charge is 1.00 e. The zero-order chi connectivity index (χ0) is 8.43. The summed E-state index contributed by atoms with van der Waals surface area (Å²) in [5.41, 5.74) is 5.65. The predicted molar refractivity (Wildman–Crippen MR) is 40.4 cm³/mol. The van der Waals surface area contributed by atoms with Crippen LogP contribution in [0.2, 0.25) is 0 Å². The van der Waals surface area contributed by atoms with Gasteiger partial charge in [-0.25, -0.2) is 0 Å². The fourth-order valence-corrected chi connectivity index (χ4v) is 0.843. The number of aromatic nitrogens is 4. The average molecular weight is 192 g/mol. The summed E-state index contributed by atoms with van der Waals surface area (Å²) in [5, 5.41) is 7.63. The molecule has 1 aromatic heterocycles.